The SMILES string of the molecule is CCCCC/C=C\C/C=C\C/C=C\C=C\[C@@H](O)CCCC(=O)OC[C@H](COP(=O)([O-])OCC[N+](C)(C)C)OC(C)=O. The molecular formula is C30H52NO9P. The van der Waals surface area contributed by atoms with Crippen LogP contribution in [0.25, 0.3) is 0 Å². The molecule has 0 saturated heterocycles. The molecule has 0 saturated carbocycles. The Balaban J connectivity index is 4.22. The molecule has 11 heteroatoms. The van der Waals surface area contributed by atoms with E-state index >= 15 is 0 Å². The highest BCUT2D eigenvalue weighted by Gasteiger charge is 2.20. The summed E-state index contributed by atoms with van der Waals surface area (Å²) in [6, 6.07) is 0. The average molecular weight is 602 g/mol. The van der Waals surface area contributed by atoms with Gasteiger partial charge in [-0.1, -0.05) is 68.4 Å². The number of aliphatic hydroxyl groups excluding tert-OH is 1. The lowest BCUT2D eigenvalue weighted by atomic mass is 10.1. The summed E-state index contributed by atoms with van der Waals surface area (Å²) in [5.41, 5.74) is 0. The van der Waals surface area contributed by atoms with Gasteiger partial charge < -0.3 is 33.0 Å². The van der Waals surface area contributed by atoms with E-state index < -0.39 is 38.6 Å². The van der Waals surface area contributed by atoms with Crippen molar-refractivity contribution in [1.82, 2.24) is 0 Å². The summed E-state index contributed by atoms with van der Waals surface area (Å²) in [5, 5.41) is 10.1. The van der Waals surface area contributed by atoms with Crippen molar-refractivity contribution in [2.75, 3.05) is 47.5 Å². The predicted molar refractivity (Wildman–Crippen MR) is 159 cm³/mol. The van der Waals surface area contributed by atoms with Crippen LogP contribution in [0, 0.1) is 0 Å². The van der Waals surface area contributed by atoms with Gasteiger partial charge in [-0.25, -0.2) is 0 Å². The summed E-state index contributed by atoms with van der Waals surface area (Å²) >= 11 is 0. The summed E-state index contributed by atoms with van der Waals surface area (Å²) in [5.74, 6) is -1.24. The van der Waals surface area contributed by atoms with E-state index in [9.17, 15) is 24.2 Å². The van der Waals surface area contributed by atoms with Gasteiger partial charge in [-0.2, -0.15) is 0 Å². The Kier molecular flexibility index (Phi) is 22.3. The van der Waals surface area contributed by atoms with E-state index in [-0.39, 0.29) is 19.6 Å². The molecule has 0 rings (SSSR count). The fourth-order valence-corrected chi connectivity index (χ4v) is 3.95. The highest BCUT2D eigenvalue weighted by atomic mass is 31.2. The van der Waals surface area contributed by atoms with Crippen molar-refractivity contribution in [2.45, 2.75) is 83.8 Å². The van der Waals surface area contributed by atoms with Gasteiger partial charge in [-0.15, -0.1) is 0 Å². The molecule has 41 heavy (non-hydrogen) atoms. The molecule has 0 aliphatic carbocycles. The van der Waals surface area contributed by atoms with Crippen molar-refractivity contribution in [3.63, 3.8) is 0 Å². The quantitative estimate of drug-likeness (QED) is 0.0414. The normalized spacial score (nSPS) is 15.6. The topological polar surface area (TPSA) is 131 Å². The number of phosphoric acid groups is 1. The number of carbonyl (C=O) groups excluding carboxylic acids is 2. The number of likely N-dealkylation sites (N-methyl/N-ethyl adjacent to an activating group) is 1. The van der Waals surface area contributed by atoms with E-state index in [1.54, 1.807) is 12.2 Å². The molecule has 1 unspecified atom stereocenters. The molecule has 0 aliphatic rings. The first-order valence-electron chi connectivity index (χ1n) is 14.4. The van der Waals surface area contributed by atoms with Gasteiger partial charge in [0.15, 0.2) is 6.10 Å². The summed E-state index contributed by atoms with van der Waals surface area (Å²) < 4.78 is 32.2. The molecule has 0 radical (unpaired) electrons. The number of aliphatic hydroxyl groups is 1. The second-order valence-corrected chi connectivity index (χ2v) is 12.1. The molecule has 1 N–H and O–H groups in total. The van der Waals surface area contributed by atoms with Gasteiger partial charge >= 0.3 is 11.9 Å². The molecule has 0 aliphatic heterocycles. The molecule has 0 aromatic carbocycles. The molecule has 0 fully saturated rings. The number of ether oxygens (including phenoxy) is 2. The molecule has 10 nitrogen and oxygen atoms in total. The number of unbranched alkanes of at least 4 members (excludes halogenated alkanes) is 3. The summed E-state index contributed by atoms with van der Waals surface area (Å²) in [6.07, 6.45) is 21.6. The van der Waals surface area contributed by atoms with Crippen LogP contribution in [0.4, 0.5) is 0 Å². The minimum absolute atomic E-state index is 0.0421. The Morgan fingerprint density at radius 3 is 2.29 bits per heavy atom. The number of allylic oxidation sites excluding steroid dienone is 7. The first-order chi connectivity index (χ1) is 19.3. The lowest BCUT2D eigenvalue weighted by Gasteiger charge is -2.28. The number of quaternary nitrogens is 1. The average Bonchev–Trinajstić information content (AvgIpc) is 2.87. The Hall–Kier alpha value is -2.07. The lowest BCUT2D eigenvalue weighted by Crippen LogP contribution is -2.37. The molecule has 0 aromatic rings. The van der Waals surface area contributed by atoms with Crippen molar-refractivity contribution in [3.05, 3.63) is 48.6 Å². The monoisotopic (exact) mass is 601 g/mol. The van der Waals surface area contributed by atoms with Gasteiger partial charge in [0.05, 0.1) is 33.9 Å². The number of esters is 2. The van der Waals surface area contributed by atoms with Crippen LogP contribution in [0.1, 0.15) is 71.6 Å². The number of hydrogen-bond donors (Lipinski definition) is 1. The fourth-order valence-electron chi connectivity index (χ4n) is 3.22. The van der Waals surface area contributed by atoms with Crippen LogP contribution in [0.5, 0.6) is 0 Å². The van der Waals surface area contributed by atoms with E-state index in [0.29, 0.717) is 23.9 Å². The van der Waals surface area contributed by atoms with Crippen molar-refractivity contribution in [3.8, 4) is 0 Å². The van der Waals surface area contributed by atoms with Gasteiger partial charge in [0.1, 0.15) is 19.8 Å². The van der Waals surface area contributed by atoms with Crippen LogP contribution in [-0.2, 0) is 32.7 Å². The molecular weight excluding hydrogens is 549 g/mol. The van der Waals surface area contributed by atoms with Gasteiger partial charge in [0.2, 0.25) is 0 Å². The van der Waals surface area contributed by atoms with Crippen molar-refractivity contribution in [1.29, 1.82) is 0 Å². The number of phosphoric ester groups is 1. The van der Waals surface area contributed by atoms with Crippen molar-refractivity contribution in [2.24, 2.45) is 0 Å². The van der Waals surface area contributed by atoms with E-state index in [4.69, 9.17) is 18.5 Å². The number of hydrogen-bond acceptors (Lipinski definition) is 9. The number of carbonyl (C=O) groups is 2. The zero-order valence-electron chi connectivity index (χ0n) is 25.6. The van der Waals surface area contributed by atoms with Gasteiger partial charge in [0.25, 0.3) is 7.82 Å². The summed E-state index contributed by atoms with van der Waals surface area (Å²) in [7, 11) is 1.04. The molecule has 0 bridgehead atoms. The second-order valence-electron chi connectivity index (χ2n) is 10.7. The lowest BCUT2D eigenvalue weighted by molar-refractivity contribution is -0.870. The van der Waals surface area contributed by atoms with E-state index in [1.165, 1.54) is 19.3 Å². The van der Waals surface area contributed by atoms with Crippen LogP contribution < -0.4 is 4.89 Å². The predicted octanol–water partition coefficient (Wildman–Crippen LogP) is 4.79. The zero-order valence-corrected chi connectivity index (χ0v) is 26.5. The molecule has 0 spiro atoms. The van der Waals surface area contributed by atoms with Gasteiger partial charge in [-0.05, 0) is 38.5 Å². The molecule has 0 amide bonds. The third-order valence-corrected chi connectivity index (χ3v) is 6.47. The molecule has 3 atom stereocenters. The Bertz CT molecular complexity index is 878. The minimum atomic E-state index is -4.61. The number of nitrogens with zero attached hydrogens (tertiary/aromatic N) is 1. The third-order valence-electron chi connectivity index (χ3n) is 5.51. The Morgan fingerprint density at radius 2 is 1.63 bits per heavy atom. The largest absolute Gasteiger partial charge is 0.756 e. The Morgan fingerprint density at radius 1 is 0.951 bits per heavy atom. The zero-order chi connectivity index (χ0) is 31.0. The van der Waals surface area contributed by atoms with Crippen LogP contribution in [0.2, 0.25) is 0 Å². The van der Waals surface area contributed by atoms with E-state index in [1.807, 2.05) is 33.3 Å². The van der Waals surface area contributed by atoms with Crippen LogP contribution in [0.15, 0.2) is 48.6 Å². The van der Waals surface area contributed by atoms with Crippen LogP contribution >= 0.6 is 7.82 Å². The second kappa shape index (κ2) is 23.5. The maximum absolute atomic E-state index is 12.1. The molecule has 236 valence electrons. The van der Waals surface area contributed by atoms with E-state index in [0.717, 1.165) is 26.2 Å². The Labute approximate surface area is 246 Å². The van der Waals surface area contributed by atoms with Gasteiger partial charge in [0, 0.05) is 13.3 Å². The third kappa shape index (κ3) is 27.9. The summed E-state index contributed by atoms with van der Waals surface area (Å²) in [6.45, 7) is 2.82. The highest BCUT2D eigenvalue weighted by Crippen LogP contribution is 2.38. The maximum Gasteiger partial charge on any atom is 0.305 e. The minimum Gasteiger partial charge on any atom is -0.756 e. The summed E-state index contributed by atoms with van der Waals surface area (Å²) in [4.78, 5) is 35.4. The first kappa shape index (κ1) is 38.9. The van der Waals surface area contributed by atoms with E-state index in [2.05, 4.69) is 31.2 Å². The van der Waals surface area contributed by atoms with Crippen LogP contribution in [-0.4, -0.2) is 81.2 Å². The van der Waals surface area contributed by atoms with Crippen molar-refractivity contribution >= 4 is 19.8 Å². The smallest absolute Gasteiger partial charge is 0.305 e. The fraction of sp³-hybridized carbons (Fsp3) is 0.667. The standard InChI is InChI=1S/C30H52NO9P/c1-6-7-8-9-10-11-12-13-14-15-16-17-18-20-28(33)21-19-22-30(34)37-25-29(40-27(2)32)26-39-41(35,36)38-24-23-31(3,4)5/h10-11,13-14,16-18,20,28-29,33H,6-9,12,15,19,21-26H2,1-5H3/b11-10-,14-13-,17-16-,20-18+/t28-,29-/m1/s1. The maximum atomic E-state index is 12.1. The van der Waals surface area contributed by atoms with Crippen LogP contribution in [0.3, 0.4) is 0 Å². The van der Waals surface area contributed by atoms with Gasteiger partial charge in [-0.3, -0.25) is 14.2 Å². The highest BCUT2D eigenvalue weighted by molar-refractivity contribution is 7.45. The first-order valence-corrected chi connectivity index (χ1v) is 15.9. The number of rotatable bonds is 24. The molecule has 0 heterocycles. The molecule has 0 aromatic heterocycles. The van der Waals surface area contributed by atoms with Crippen molar-refractivity contribution < 1.29 is 47.2 Å².